The van der Waals surface area contributed by atoms with E-state index in [1.54, 1.807) is 12.1 Å². The van der Waals surface area contributed by atoms with Gasteiger partial charge in [0.25, 0.3) is 0 Å². The summed E-state index contributed by atoms with van der Waals surface area (Å²) in [6.45, 7) is 4.96. The van der Waals surface area contributed by atoms with Gasteiger partial charge in [0, 0.05) is 6.04 Å². The second kappa shape index (κ2) is 7.32. The zero-order valence-electron chi connectivity index (χ0n) is 12.5. The predicted octanol–water partition coefficient (Wildman–Crippen LogP) is 4.56. The molecule has 0 aromatic heterocycles. The van der Waals surface area contributed by atoms with Crippen molar-refractivity contribution < 1.29 is 8.78 Å². The van der Waals surface area contributed by atoms with Crippen molar-refractivity contribution in [2.24, 2.45) is 0 Å². The van der Waals surface area contributed by atoms with E-state index in [1.807, 2.05) is 25.1 Å². The lowest BCUT2D eigenvalue weighted by molar-refractivity contribution is 0.477. The molecule has 0 spiro atoms. The molecule has 1 unspecified atom stereocenters. The summed E-state index contributed by atoms with van der Waals surface area (Å²) < 4.78 is 27.2. The molecule has 1 nitrogen and oxygen atoms in total. The van der Waals surface area contributed by atoms with Crippen molar-refractivity contribution in [3.63, 3.8) is 0 Å². The normalized spacial score (nSPS) is 12.4. The molecule has 3 heteroatoms. The summed E-state index contributed by atoms with van der Waals surface area (Å²) in [4.78, 5) is 0. The molecule has 21 heavy (non-hydrogen) atoms. The van der Waals surface area contributed by atoms with E-state index in [-0.39, 0.29) is 6.04 Å². The summed E-state index contributed by atoms with van der Waals surface area (Å²) in [6.07, 6.45) is 1.43. The smallest absolute Gasteiger partial charge is 0.162 e. The first-order valence-corrected chi connectivity index (χ1v) is 7.34. The Kier molecular flexibility index (Phi) is 5.45. The Bertz CT molecular complexity index is 596. The van der Waals surface area contributed by atoms with Gasteiger partial charge in [0.05, 0.1) is 0 Å². The molecule has 0 saturated carbocycles. The standard InChI is InChI=1S/C18H21F2N/c1-3-10-21-17(14-7-4-6-13(2)11-14)12-15-8-5-9-16(19)18(15)20/h4-9,11,17,21H,3,10,12H2,1-2H3. The van der Waals surface area contributed by atoms with Crippen LogP contribution in [0, 0.1) is 18.6 Å². The van der Waals surface area contributed by atoms with Crippen LogP contribution in [-0.2, 0) is 6.42 Å². The molecule has 1 atom stereocenters. The maximum absolute atomic E-state index is 13.9. The Hall–Kier alpha value is -1.74. The number of halogens is 2. The molecule has 0 aliphatic heterocycles. The van der Waals surface area contributed by atoms with Crippen LogP contribution in [0.2, 0.25) is 0 Å². The lowest BCUT2D eigenvalue weighted by atomic mass is 9.97. The van der Waals surface area contributed by atoms with Gasteiger partial charge in [0.1, 0.15) is 0 Å². The fourth-order valence-corrected chi connectivity index (χ4v) is 2.44. The molecule has 0 aliphatic carbocycles. The topological polar surface area (TPSA) is 12.0 Å². The number of aryl methyl sites for hydroxylation is 1. The number of benzene rings is 2. The molecule has 2 aromatic rings. The van der Waals surface area contributed by atoms with Gasteiger partial charge in [-0.15, -0.1) is 0 Å². The zero-order valence-corrected chi connectivity index (χ0v) is 12.5. The molecule has 0 amide bonds. The number of rotatable bonds is 6. The molecule has 112 valence electrons. The molecular formula is C18H21F2N. The van der Waals surface area contributed by atoms with Crippen LogP contribution in [0.4, 0.5) is 8.78 Å². The molecule has 0 radical (unpaired) electrons. The second-order valence-corrected chi connectivity index (χ2v) is 5.34. The zero-order chi connectivity index (χ0) is 15.2. The first kappa shape index (κ1) is 15.6. The van der Waals surface area contributed by atoms with Crippen molar-refractivity contribution in [3.8, 4) is 0 Å². The molecule has 0 heterocycles. The Morgan fingerprint density at radius 2 is 1.86 bits per heavy atom. The minimum absolute atomic E-state index is 0.0128. The van der Waals surface area contributed by atoms with Crippen LogP contribution in [0.15, 0.2) is 42.5 Å². The van der Waals surface area contributed by atoms with Crippen LogP contribution in [0.5, 0.6) is 0 Å². The van der Waals surface area contributed by atoms with Crippen LogP contribution < -0.4 is 5.32 Å². The van der Waals surface area contributed by atoms with Gasteiger partial charge in [-0.1, -0.05) is 48.9 Å². The SMILES string of the molecule is CCCNC(Cc1cccc(F)c1F)c1cccc(C)c1. The van der Waals surface area contributed by atoms with Crippen LogP contribution in [0.3, 0.4) is 0 Å². The third kappa shape index (κ3) is 4.11. The van der Waals surface area contributed by atoms with Crippen molar-refractivity contribution in [2.75, 3.05) is 6.54 Å². The lowest BCUT2D eigenvalue weighted by Gasteiger charge is -2.20. The second-order valence-electron chi connectivity index (χ2n) is 5.34. The monoisotopic (exact) mass is 289 g/mol. The van der Waals surface area contributed by atoms with E-state index < -0.39 is 11.6 Å². The van der Waals surface area contributed by atoms with E-state index in [0.29, 0.717) is 12.0 Å². The number of hydrogen-bond donors (Lipinski definition) is 1. The van der Waals surface area contributed by atoms with Crippen molar-refractivity contribution >= 4 is 0 Å². The largest absolute Gasteiger partial charge is 0.310 e. The first-order valence-electron chi connectivity index (χ1n) is 7.34. The van der Waals surface area contributed by atoms with Gasteiger partial charge in [0.15, 0.2) is 11.6 Å². The fourth-order valence-electron chi connectivity index (χ4n) is 2.44. The Labute approximate surface area is 125 Å². The van der Waals surface area contributed by atoms with Crippen LogP contribution in [-0.4, -0.2) is 6.54 Å². The van der Waals surface area contributed by atoms with Crippen molar-refractivity contribution in [3.05, 3.63) is 70.8 Å². The minimum atomic E-state index is -0.786. The number of hydrogen-bond acceptors (Lipinski definition) is 1. The molecule has 1 N–H and O–H groups in total. The highest BCUT2D eigenvalue weighted by Crippen LogP contribution is 2.22. The number of nitrogens with one attached hydrogen (secondary N) is 1. The highest BCUT2D eigenvalue weighted by Gasteiger charge is 2.16. The highest BCUT2D eigenvalue weighted by atomic mass is 19.2. The maximum atomic E-state index is 13.9. The van der Waals surface area contributed by atoms with Gasteiger partial charge in [0.2, 0.25) is 0 Å². The fraction of sp³-hybridized carbons (Fsp3) is 0.333. The third-order valence-corrected chi connectivity index (χ3v) is 3.54. The van der Waals surface area contributed by atoms with E-state index in [1.165, 1.54) is 0 Å². The molecule has 2 aromatic carbocycles. The molecule has 0 saturated heterocycles. The van der Waals surface area contributed by atoms with Gasteiger partial charge >= 0.3 is 0 Å². The van der Waals surface area contributed by atoms with Gasteiger partial charge in [-0.3, -0.25) is 0 Å². The van der Waals surface area contributed by atoms with Crippen molar-refractivity contribution in [2.45, 2.75) is 32.7 Å². The molecule has 0 fully saturated rings. The summed E-state index contributed by atoms with van der Waals surface area (Å²) in [5.74, 6) is -1.53. The van der Waals surface area contributed by atoms with E-state index in [4.69, 9.17) is 0 Å². The summed E-state index contributed by atoms with van der Waals surface area (Å²) in [7, 11) is 0. The van der Waals surface area contributed by atoms with E-state index in [9.17, 15) is 8.78 Å². The molecular weight excluding hydrogens is 268 g/mol. The van der Waals surface area contributed by atoms with E-state index >= 15 is 0 Å². The summed E-state index contributed by atoms with van der Waals surface area (Å²) in [5, 5.41) is 3.42. The summed E-state index contributed by atoms with van der Waals surface area (Å²) in [6, 6.07) is 12.5. The molecule has 2 rings (SSSR count). The Morgan fingerprint density at radius 1 is 1.10 bits per heavy atom. The Balaban J connectivity index is 2.26. The molecule has 0 aliphatic rings. The summed E-state index contributed by atoms with van der Waals surface area (Å²) in [5.41, 5.74) is 2.67. The Morgan fingerprint density at radius 3 is 2.57 bits per heavy atom. The third-order valence-electron chi connectivity index (χ3n) is 3.54. The summed E-state index contributed by atoms with van der Waals surface area (Å²) >= 11 is 0. The average Bonchev–Trinajstić information content (AvgIpc) is 2.47. The van der Waals surface area contributed by atoms with Gasteiger partial charge in [-0.2, -0.15) is 0 Å². The van der Waals surface area contributed by atoms with Gasteiger partial charge < -0.3 is 5.32 Å². The van der Waals surface area contributed by atoms with Gasteiger partial charge in [-0.05, 0) is 43.5 Å². The van der Waals surface area contributed by atoms with Crippen LogP contribution in [0.25, 0.3) is 0 Å². The quantitative estimate of drug-likeness (QED) is 0.822. The molecule has 0 bridgehead atoms. The first-order chi connectivity index (χ1) is 10.1. The predicted molar refractivity (Wildman–Crippen MR) is 82.3 cm³/mol. The lowest BCUT2D eigenvalue weighted by Crippen LogP contribution is -2.24. The maximum Gasteiger partial charge on any atom is 0.162 e. The van der Waals surface area contributed by atoms with Gasteiger partial charge in [-0.25, -0.2) is 8.78 Å². The van der Waals surface area contributed by atoms with E-state index in [2.05, 4.69) is 18.3 Å². The minimum Gasteiger partial charge on any atom is -0.310 e. The van der Waals surface area contributed by atoms with Crippen LogP contribution in [0.1, 0.15) is 36.1 Å². The average molecular weight is 289 g/mol. The van der Waals surface area contributed by atoms with Crippen molar-refractivity contribution in [1.82, 2.24) is 5.32 Å². The highest BCUT2D eigenvalue weighted by molar-refractivity contribution is 5.28. The van der Waals surface area contributed by atoms with Crippen LogP contribution >= 0.6 is 0 Å². The van der Waals surface area contributed by atoms with Crippen molar-refractivity contribution in [1.29, 1.82) is 0 Å². The van der Waals surface area contributed by atoms with E-state index in [0.717, 1.165) is 30.2 Å².